The van der Waals surface area contributed by atoms with Crippen molar-refractivity contribution in [1.29, 1.82) is 0 Å². The summed E-state index contributed by atoms with van der Waals surface area (Å²) in [6.45, 7) is 3.76. The summed E-state index contributed by atoms with van der Waals surface area (Å²) in [6, 6.07) is 9.91. The Balaban J connectivity index is 1.94. The van der Waals surface area contributed by atoms with Crippen LogP contribution < -0.4 is 0 Å². The summed E-state index contributed by atoms with van der Waals surface area (Å²) in [4.78, 5) is 0. The van der Waals surface area contributed by atoms with Crippen LogP contribution in [0.5, 0.6) is 0 Å². The maximum Gasteiger partial charge on any atom is 0.131 e. The Labute approximate surface area is 129 Å². The number of benzene rings is 2. The van der Waals surface area contributed by atoms with Crippen LogP contribution in [0.1, 0.15) is 24.5 Å². The van der Waals surface area contributed by atoms with E-state index >= 15 is 0 Å². The van der Waals surface area contributed by atoms with Crippen molar-refractivity contribution in [3.63, 3.8) is 0 Å². The Hall–Kier alpha value is -2.22. The van der Waals surface area contributed by atoms with Crippen molar-refractivity contribution in [3.05, 3.63) is 83.3 Å². The summed E-state index contributed by atoms with van der Waals surface area (Å²) in [5.74, 6) is -0.647. The zero-order chi connectivity index (χ0) is 15.7. The minimum Gasteiger partial charge on any atom is -0.207 e. The predicted molar refractivity (Wildman–Crippen MR) is 87.2 cm³/mol. The molecule has 0 atom stereocenters. The number of halogens is 2. The number of allylic oxidation sites excluding steroid dienone is 4. The average Bonchev–Trinajstić information content (AvgIpc) is 2.51. The highest BCUT2D eigenvalue weighted by Gasteiger charge is 2.11. The van der Waals surface area contributed by atoms with E-state index in [1.54, 1.807) is 25.1 Å². The standard InChI is InChI=1S/C20H17F2/c1-13-3-6-15(7-4-13)16-9-10-18(20(22)11-16)17-8-5-14(2)19(21)12-17/h3,5-12H,4H2,1-2H3. The van der Waals surface area contributed by atoms with Crippen molar-refractivity contribution in [1.82, 2.24) is 0 Å². The summed E-state index contributed by atoms with van der Waals surface area (Å²) < 4.78 is 28.1. The number of rotatable bonds is 2. The Bertz CT molecular complexity index is 782. The summed E-state index contributed by atoms with van der Waals surface area (Å²) in [6.07, 6.45) is 7.03. The average molecular weight is 295 g/mol. The van der Waals surface area contributed by atoms with Gasteiger partial charge in [0.25, 0.3) is 0 Å². The van der Waals surface area contributed by atoms with Crippen LogP contribution >= 0.6 is 0 Å². The molecule has 1 aliphatic carbocycles. The van der Waals surface area contributed by atoms with Crippen LogP contribution in [0.3, 0.4) is 0 Å². The summed E-state index contributed by atoms with van der Waals surface area (Å²) in [5, 5.41) is 0. The predicted octanol–water partition coefficient (Wildman–Crippen LogP) is 5.88. The van der Waals surface area contributed by atoms with Crippen molar-refractivity contribution in [2.45, 2.75) is 20.3 Å². The van der Waals surface area contributed by atoms with Gasteiger partial charge < -0.3 is 0 Å². The molecule has 3 rings (SSSR count). The quantitative estimate of drug-likeness (QED) is 0.649. The number of hydrogen-bond acceptors (Lipinski definition) is 0. The van der Waals surface area contributed by atoms with Crippen molar-refractivity contribution in [3.8, 4) is 11.1 Å². The van der Waals surface area contributed by atoms with Gasteiger partial charge in [0.15, 0.2) is 0 Å². The lowest BCUT2D eigenvalue weighted by Gasteiger charge is -2.13. The van der Waals surface area contributed by atoms with Crippen molar-refractivity contribution < 1.29 is 8.78 Å². The fraction of sp³-hybridized carbons (Fsp3) is 0.150. The van der Waals surface area contributed by atoms with Gasteiger partial charge in [-0.05, 0) is 54.7 Å². The first-order valence-corrected chi connectivity index (χ1v) is 7.32. The largest absolute Gasteiger partial charge is 0.207 e. The van der Waals surface area contributed by atoms with Crippen LogP contribution in [-0.4, -0.2) is 0 Å². The van der Waals surface area contributed by atoms with Gasteiger partial charge in [0.2, 0.25) is 0 Å². The Morgan fingerprint density at radius 3 is 2.23 bits per heavy atom. The van der Waals surface area contributed by atoms with E-state index in [4.69, 9.17) is 0 Å². The molecule has 0 heterocycles. The highest BCUT2D eigenvalue weighted by molar-refractivity contribution is 5.77. The molecule has 22 heavy (non-hydrogen) atoms. The smallest absolute Gasteiger partial charge is 0.131 e. The van der Waals surface area contributed by atoms with Gasteiger partial charge in [0.05, 0.1) is 0 Å². The molecule has 2 aromatic rings. The molecule has 2 heteroatoms. The molecule has 1 radical (unpaired) electrons. The second-order valence-electron chi connectivity index (χ2n) is 5.70. The molecule has 0 bridgehead atoms. The number of aryl methyl sites for hydroxylation is 1. The van der Waals surface area contributed by atoms with Crippen LogP contribution in [0.2, 0.25) is 0 Å². The van der Waals surface area contributed by atoms with E-state index in [1.807, 2.05) is 12.5 Å². The fourth-order valence-electron chi connectivity index (χ4n) is 2.54. The molecule has 0 spiro atoms. The molecule has 0 aromatic heterocycles. The number of hydrogen-bond donors (Lipinski definition) is 0. The molecule has 1 aliphatic rings. The molecule has 0 saturated carbocycles. The van der Waals surface area contributed by atoms with Gasteiger partial charge in [-0.15, -0.1) is 0 Å². The van der Waals surface area contributed by atoms with E-state index in [9.17, 15) is 8.78 Å². The third kappa shape index (κ3) is 2.87. The lowest BCUT2D eigenvalue weighted by atomic mass is 9.93. The first-order chi connectivity index (χ1) is 10.5. The van der Waals surface area contributed by atoms with E-state index < -0.39 is 0 Å². The Morgan fingerprint density at radius 2 is 1.59 bits per heavy atom. The third-order valence-corrected chi connectivity index (χ3v) is 3.98. The zero-order valence-corrected chi connectivity index (χ0v) is 12.7. The molecule has 0 N–H and O–H groups in total. The van der Waals surface area contributed by atoms with Gasteiger partial charge in [-0.2, -0.15) is 0 Å². The van der Waals surface area contributed by atoms with Crippen LogP contribution in [0.15, 0.2) is 54.1 Å². The van der Waals surface area contributed by atoms with E-state index in [-0.39, 0.29) is 11.6 Å². The molecule has 0 amide bonds. The van der Waals surface area contributed by atoms with Gasteiger partial charge in [-0.3, -0.25) is 0 Å². The molecule has 0 fully saturated rings. The maximum atomic E-state index is 14.4. The van der Waals surface area contributed by atoms with Gasteiger partial charge in [-0.25, -0.2) is 8.78 Å². The summed E-state index contributed by atoms with van der Waals surface area (Å²) in [5.41, 5.74) is 4.69. The van der Waals surface area contributed by atoms with E-state index in [2.05, 4.69) is 19.1 Å². The highest BCUT2D eigenvalue weighted by Crippen LogP contribution is 2.30. The third-order valence-electron chi connectivity index (χ3n) is 3.98. The Morgan fingerprint density at radius 1 is 0.864 bits per heavy atom. The molecular formula is C20H17F2. The van der Waals surface area contributed by atoms with E-state index in [0.29, 0.717) is 16.7 Å². The van der Waals surface area contributed by atoms with Crippen LogP contribution in [0, 0.1) is 25.0 Å². The molecule has 0 nitrogen and oxygen atoms in total. The van der Waals surface area contributed by atoms with E-state index in [0.717, 1.165) is 17.6 Å². The van der Waals surface area contributed by atoms with Crippen molar-refractivity contribution in [2.24, 2.45) is 0 Å². The molecule has 111 valence electrons. The Kier molecular flexibility index (Phi) is 3.93. The fourth-order valence-corrected chi connectivity index (χ4v) is 2.54. The van der Waals surface area contributed by atoms with Gasteiger partial charge in [-0.1, -0.05) is 42.0 Å². The molecule has 2 aromatic carbocycles. The minimum atomic E-state index is -0.332. The molecule has 0 saturated heterocycles. The van der Waals surface area contributed by atoms with Crippen LogP contribution in [0.4, 0.5) is 8.78 Å². The van der Waals surface area contributed by atoms with Gasteiger partial charge >= 0.3 is 0 Å². The minimum absolute atomic E-state index is 0.315. The SMILES string of the molecule is CC1=C[CH]C(c2ccc(-c3ccc(C)c(F)c3)c(F)c2)=CC1. The topological polar surface area (TPSA) is 0 Å². The van der Waals surface area contributed by atoms with Crippen LogP contribution in [0.25, 0.3) is 16.7 Å². The first kappa shape index (κ1) is 14.7. The summed E-state index contributed by atoms with van der Waals surface area (Å²) >= 11 is 0. The van der Waals surface area contributed by atoms with Gasteiger partial charge in [0, 0.05) is 12.0 Å². The van der Waals surface area contributed by atoms with Gasteiger partial charge in [0.1, 0.15) is 11.6 Å². The van der Waals surface area contributed by atoms with Crippen molar-refractivity contribution >= 4 is 5.57 Å². The maximum absolute atomic E-state index is 14.4. The second kappa shape index (κ2) is 5.88. The molecule has 0 unspecified atom stereocenters. The monoisotopic (exact) mass is 295 g/mol. The highest BCUT2D eigenvalue weighted by atomic mass is 19.1. The van der Waals surface area contributed by atoms with Crippen molar-refractivity contribution in [2.75, 3.05) is 0 Å². The molecular weight excluding hydrogens is 278 g/mol. The van der Waals surface area contributed by atoms with E-state index in [1.165, 1.54) is 17.7 Å². The summed E-state index contributed by atoms with van der Waals surface area (Å²) in [7, 11) is 0. The zero-order valence-electron chi connectivity index (χ0n) is 12.7. The lowest BCUT2D eigenvalue weighted by Crippen LogP contribution is -1.94. The molecule has 0 aliphatic heterocycles. The second-order valence-corrected chi connectivity index (χ2v) is 5.70. The normalized spacial score (nSPS) is 14.5. The van der Waals surface area contributed by atoms with Crippen LogP contribution in [-0.2, 0) is 0 Å². The first-order valence-electron chi connectivity index (χ1n) is 7.32. The lowest BCUT2D eigenvalue weighted by molar-refractivity contribution is 0.617.